The predicted octanol–water partition coefficient (Wildman–Crippen LogP) is 2.62. The van der Waals surface area contributed by atoms with Crippen LogP contribution in [-0.4, -0.2) is 48.1 Å². The molecular formula is C23H19N5O2. The first-order valence-electron chi connectivity index (χ1n) is 9.63. The van der Waals surface area contributed by atoms with Crippen LogP contribution in [0.1, 0.15) is 33.5 Å². The minimum absolute atomic E-state index is 0.0412. The van der Waals surface area contributed by atoms with Gasteiger partial charge in [-0.1, -0.05) is 12.1 Å². The fraction of sp³-hybridized carbons (Fsp3) is 0.304. The molecule has 2 aliphatic rings. The maximum Gasteiger partial charge on any atom is 0.254 e. The summed E-state index contributed by atoms with van der Waals surface area (Å²) < 4.78 is 5.22. The molecule has 0 aromatic heterocycles. The van der Waals surface area contributed by atoms with Gasteiger partial charge >= 0.3 is 0 Å². The highest BCUT2D eigenvalue weighted by molar-refractivity contribution is 6.00. The monoisotopic (exact) mass is 397 g/mol. The van der Waals surface area contributed by atoms with Gasteiger partial charge in [-0.2, -0.15) is 15.8 Å². The first kappa shape index (κ1) is 19.5. The lowest BCUT2D eigenvalue weighted by Gasteiger charge is -2.23. The summed E-state index contributed by atoms with van der Waals surface area (Å²) in [7, 11) is 1.60. The normalized spacial score (nSPS) is 19.9. The average Bonchev–Trinajstić information content (AvgIpc) is 3.33. The highest BCUT2D eigenvalue weighted by Gasteiger charge is 2.40. The predicted molar refractivity (Wildman–Crippen MR) is 108 cm³/mol. The molecule has 4 rings (SSSR count). The number of rotatable bonds is 4. The van der Waals surface area contributed by atoms with Gasteiger partial charge in [0, 0.05) is 31.3 Å². The van der Waals surface area contributed by atoms with E-state index in [0.29, 0.717) is 48.4 Å². The highest BCUT2D eigenvalue weighted by Crippen LogP contribution is 2.35. The van der Waals surface area contributed by atoms with Gasteiger partial charge in [0.2, 0.25) is 0 Å². The Balaban J connectivity index is 1.67. The van der Waals surface area contributed by atoms with Crippen LogP contribution in [0.15, 0.2) is 36.4 Å². The summed E-state index contributed by atoms with van der Waals surface area (Å²) in [5, 5.41) is 28.2. The Morgan fingerprint density at radius 2 is 1.97 bits per heavy atom. The molecule has 0 spiro atoms. The SMILES string of the molecule is COC[C@@H]1C[C@@H](N2Cc3cc(C#N)c(-c4cccc(C#N)c4)cc3C2=O)CN1C#N. The summed E-state index contributed by atoms with van der Waals surface area (Å²) in [6.45, 7) is 1.34. The molecule has 2 heterocycles. The number of amides is 1. The third-order valence-corrected chi connectivity index (χ3v) is 5.82. The van der Waals surface area contributed by atoms with Gasteiger partial charge in [0.05, 0.1) is 42.0 Å². The summed E-state index contributed by atoms with van der Waals surface area (Å²) in [5.74, 6) is -0.0897. The van der Waals surface area contributed by atoms with Crippen LogP contribution in [0.25, 0.3) is 11.1 Å². The number of methoxy groups -OCH3 is 1. The van der Waals surface area contributed by atoms with E-state index in [2.05, 4.69) is 18.3 Å². The lowest BCUT2D eigenvalue weighted by molar-refractivity contribution is 0.0710. The first-order chi connectivity index (χ1) is 14.6. The second-order valence-electron chi connectivity index (χ2n) is 7.54. The molecule has 148 valence electrons. The van der Waals surface area contributed by atoms with Crippen LogP contribution in [0, 0.1) is 34.1 Å². The molecule has 0 bridgehead atoms. The van der Waals surface area contributed by atoms with Gasteiger partial charge in [0.1, 0.15) is 0 Å². The molecule has 1 saturated heterocycles. The Bertz CT molecular complexity index is 1140. The molecular weight excluding hydrogens is 378 g/mol. The van der Waals surface area contributed by atoms with Crippen molar-refractivity contribution in [3.8, 4) is 29.5 Å². The molecule has 7 nitrogen and oxygen atoms in total. The van der Waals surface area contributed by atoms with E-state index in [4.69, 9.17) is 4.74 Å². The first-order valence-corrected chi connectivity index (χ1v) is 9.63. The zero-order valence-electron chi connectivity index (χ0n) is 16.5. The Kier molecular flexibility index (Phi) is 5.11. The van der Waals surface area contributed by atoms with Crippen LogP contribution in [0.4, 0.5) is 0 Å². The molecule has 1 fully saturated rings. The van der Waals surface area contributed by atoms with Crippen molar-refractivity contribution in [2.75, 3.05) is 20.3 Å². The molecule has 1 amide bonds. The van der Waals surface area contributed by atoms with Gasteiger partial charge in [-0.3, -0.25) is 4.79 Å². The van der Waals surface area contributed by atoms with Crippen molar-refractivity contribution in [2.24, 2.45) is 0 Å². The van der Waals surface area contributed by atoms with E-state index < -0.39 is 0 Å². The van der Waals surface area contributed by atoms with Gasteiger partial charge in [-0.15, -0.1) is 0 Å². The van der Waals surface area contributed by atoms with Gasteiger partial charge in [-0.25, -0.2) is 0 Å². The Hall–Kier alpha value is -3.86. The topological polar surface area (TPSA) is 104 Å². The van der Waals surface area contributed by atoms with E-state index in [0.717, 1.165) is 11.1 Å². The van der Waals surface area contributed by atoms with Crippen molar-refractivity contribution in [1.29, 1.82) is 15.8 Å². The molecule has 2 aromatic carbocycles. The molecule has 0 radical (unpaired) electrons. The Morgan fingerprint density at radius 1 is 1.13 bits per heavy atom. The molecule has 0 saturated carbocycles. The van der Waals surface area contributed by atoms with Crippen molar-refractivity contribution < 1.29 is 9.53 Å². The fourth-order valence-corrected chi connectivity index (χ4v) is 4.36. The maximum atomic E-state index is 13.2. The minimum Gasteiger partial charge on any atom is -0.383 e. The van der Waals surface area contributed by atoms with Crippen molar-refractivity contribution >= 4 is 5.91 Å². The number of nitriles is 3. The van der Waals surface area contributed by atoms with Crippen LogP contribution < -0.4 is 0 Å². The molecule has 7 heteroatoms. The van der Waals surface area contributed by atoms with Crippen LogP contribution in [0.2, 0.25) is 0 Å². The summed E-state index contributed by atoms with van der Waals surface area (Å²) >= 11 is 0. The van der Waals surface area contributed by atoms with Crippen LogP contribution in [0.5, 0.6) is 0 Å². The third-order valence-electron chi connectivity index (χ3n) is 5.82. The molecule has 30 heavy (non-hydrogen) atoms. The van der Waals surface area contributed by atoms with E-state index in [1.165, 1.54) is 0 Å². The van der Waals surface area contributed by atoms with Crippen molar-refractivity contribution in [3.05, 3.63) is 58.7 Å². The molecule has 0 N–H and O–H groups in total. The van der Waals surface area contributed by atoms with E-state index in [1.807, 2.05) is 6.07 Å². The smallest absolute Gasteiger partial charge is 0.254 e. The van der Waals surface area contributed by atoms with Crippen LogP contribution >= 0.6 is 0 Å². The number of likely N-dealkylation sites (tertiary alicyclic amines) is 1. The lowest BCUT2D eigenvalue weighted by Crippen LogP contribution is -2.37. The zero-order chi connectivity index (χ0) is 21.3. The van der Waals surface area contributed by atoms with Gasteiger partial charge in [0.15, 0.2) is 6.19 Å². The van der Waals surface area contributed by atoms with Crippen LogP contribution in [-0.2, 0) is 11.3 Å². The van der Waals surface area contributed by atoms with E-state index in [9.17, 15) is 20.6 Å². The quantitative estimate of drug-likeness (QED) is 0.735. The molecule has 2 atom stereocenters. The molecule has 0 unspecified atom stereocenters. The number of benzene rings is 2. The number of fused-ring (bicyclic) bond motifs is 1. The summed E-state index contributed by atoms with van der Waals surface area (Å²) in [4.78, 5) is 16.7. The van der Waals surface area contributed by atoms with E-state index in [1.54, 1.807) is 47.2 Å². The third kappa shape index (κ3) is 3.24. The van der Waals surface area contributed by atoms with Crippen LogP contribution in [0.3, 0.4) is 0 Å². The molecule has 2 aromatic rings. The summed E-state index contributed by atoms with van der Waals surface area (Å²) in [5.41, 5.74) is 3.74. The number of nitrogens with zero attached hydrogens (tertiary/aromatic N) is 5. The van der Waals surface area contributed by atoms with Crippen molar-refractivity contribution in [3.63, 3.8) is 0 Å². The van der Waals surface area contributed by atoms with Crippen molar-refractivity contribution in [1.82, 2.24) is 9.80 Å². The number of hydrogen-bond donors (Lipinski definition) is 0. The lowest BCUT2D eigenvalue weighted by atomic mass is 9.94. The number of carbonyl (C=O) groups excluding carboxylic acids is 1. The summed E-state index contributed by atoms with van der Waals surface area (Å²) in [6.07, 6.45) is 2.86. The second kappa shape index (κ2) is 7.87. The van der Waals surface area contributed by atoms with Crippen molar-refractivity contribution in [2.45, 2.75) is 25.0 Å². The van der Waals surface area contributed by atoms with E-state index >= 15 is 0 Å². The van der Waals surface area contributed by atoms with E-state index in [-0.39, 0.29) is 18.0 Å². The van der Waals surface area contributed by atoms with Gasteiger partial charge in [-0.05, 0) is 41.8 Å². The van der Waals surface area contributed by atoms with Gasteiger partial charge in [0.25, 0.3) is 5.91 Å². The highest BCUT2D eigenvalue weighted by atomic mass is 16.5. The molecule has 0 aliphatic carbocycles. The largest absolute Gasteiger partial charge is 0.383 e. The fourth-order valence-electron chi connectivity index (χ4n) is 4.36. The average molecular weight is 397 g/mol. The Labute approximate surface area is 174 Å². The second-order valence-corrected chi connectivity index (χ2v) is 7.54. The number of carbonyl (C=O) groups is 1. The number of hydrogen-bond acceptors (Lipinski definition) is 6. The molecule has 2 aliphatic heterocycles. The van der Waals surface area contributed by atoms with Gasteiger partial charge < -0.3 is 14.5 Å². The number of ether oxygens (including phenoxy) is 1. The zero-order valence-corrected chi connectivity index (χ0v) is 16.5. The Morgan fingerprint density at radius 3 is 2.67 bits per heavy atom. The standard InChI is InChI=1S/C23H19N5O2/c1-30-13-20-7-19(12-27(20)14-26)28-11-18-6-17(10-25)21(8-22(18)23(28)29)16-4-2-3-15(5-16)9-24/h2-6,8,19-20H,7,11-13H2,1H3/t19-,20+/m1/s1. The maximum absolute atomic E-state index is 13.2. The summed E-state index contributed by atoms with van der Waals surface area (Å²) in [6, 6.07) is 14.7. The minimum atomic E-state index is -0.0897.